The molecular formula is C20H26N2O5S. The van der Waals surface area contributed by atoms with Crippen molar-refractivity contribution in [2.24, 2.45) is 0 Å². The largest absolute Gasteiger partial charge is 0.352 e. The molecule has 1 heterocycles. The Morgan fingerprint density at radius 1 is 1.07 bits per heavy atom. The van der Waals surface area contributed by atoms with Crippen molar-refractivity contribution in [1.82, 2.24) is 10.2 Å². The summed E-state index contributed by atoms with van der Waals surface area (Å²) < 4.78 is 23.3. The zero-order chi connectivity index (χ0) is 20.3. The number of amides is 3. The lowest BCUT2D eigenvalue weighted by molar-refractivity contribution is -0.125. The molecule has 2 aliphatic rings. The van der Waals surface area contributed by atoms with Crippen molar-refractivity contribution >= 4 is 27.6 Å². The van der Waals surface area contributed by atoms with Crippen LogP contribution in [0.5, 0.6) is 0 Å². The molecule has 0 unspecified atom stereocenters. The Hall–Kier alpha value is -2.22. The minimum atomic E-state index is -3.35. The number of carbonyl (C=O) groups is 3. The lowest BCUT2D eigenvalue weighted by Gasteiger charge is -2.27. The van der Waals surface area contributed by atoms with Crippen LogP contribution in [0.3, 0.4) is 0 Å². The molecule has 0 radical (unpaired) electrons. The first-order valence-corrected chi connectivity index (χ1v) is 11.8. The molecule has 1 N–H and O–H groups in total. The Morgan fingerprint density at radius 2 is 1.61 bits per heavy atom. The molecule has 8 heteroatoms. The van der Waals surface area contributed by atoms with E-state index in [2.05, 4.69) is 5.32 Å². The van der Waals surface area contributed by atoms with Gasteiger partial charge in [-0.3, -0.25) is 19.3 Å². The van der Waals surface area contributed by atoms with E-state index in [-0.39, 0.29) is 29.3 Å². The van der Waals surface area contributed by atoms with Gasteiger partial charge < -0.3 is 5.32 Å². The second-order valence-corrected chi connectivity index (χ2v) is 9.92. The highest BCUT2D eigenvalue weighted by Crippen LogP contribution is 2.26. The minimum Gasteiger partial charge on any atom is -0.352 e. The van der Waals surface area contributed by atoms with Gasteiger partial charge in [0.15, 0.2) is 0 Å². The van der Waals surface area contributed by atoms with Crippen LogP contribution in [0, 0.1) is 0 Å². The average molecular weight is 407 g/mol. The molecule has 1 aliphatic heterocycles. The SMILES string of the molecule is CS(=O)(=O)CC[C@@H](C(=O)NC1CCCCCC1)N1C(=O)c2ccccc2C1=O. The van der Waals surface area contributed by atoms with Gasteiger partial charge in [0.05, 0.1) is 16.9 Å². The van der Waals surface area contributed by atoms with E-state index in [0.717, 1.165) is 49.7 Å². The van der Waals surface area contributed by atoms with E-state index in [1.165, 1.54) is 0 Å². The molecule has 0 bridgehead atoms. The predicted molar refractivity (Wildman–Crippen MR) is 105 cm³/mol. The van der Waals surface area contributed by atoms with Crippen molar-refractivity contribution in [3.05, 3.63) is 35.4 Å². The second kappa shape index (κ2) is 8.43. The zero-order valence-corrected chi connectivity index (χ0v) is 16.8. The van der Waals surface area contributed by atoms with Gasteiger partial charge in [0.1, 0.15) is 15.9 Å². The molecule has 1 aliphatic carbocycles. The standard InChI is InChI=1S/C20H26N2O5S/c1-28(26,27)13-12-17(18(23)21-14-8-4-2-3-5-9-14)22-19(24)15-10-6-7-11-16(15)20(22)25/h6-7,10-11,14,17H,2-5,8-9,12-13H2,1H3,(H,21,23)/t17-/m0/s1. The third kappa shape index (κ3) is 4.60. The average Bonchev–Trinajstić information content (AvgIpc) is 2.82. The number of nitrogens with zero attached hydrogens (tertiary/aromatic N) is 1. The smallest absolute Gasteiger partial charge is 0.262 e. The number of carbonyl (C=O) groups excluding carboxylic acids is 3. The first-order chi connectivity index (χ1) is 13.3. The highest BCUT2D eigenvalue weighted by Gasteiger charge is 2.43. The third-order valence-electron chi connectivity index (χ3n) is 5.40. The number of imide groups is 1. The topological polar surface area (TPSA) is 101 Å². The van der Waals surface area contributed by atoms with Gasteiger partial charge in [-0.05, 0) is 31.4 Å². The van der Waals surface area contributed by atoms with Crippen molar-refractivity contribution < 1.29 is 22.8 Å². The summed E-state index contributed by atoms with van der Waals surface area (Å²) in [5, 5.41) is 2.96. The molecule has 0 spiro atoms. The fourth-order valence-corrected chi connectivity index (χ4v) is 4.57. The predicted octanol–water partition coefficient (Wildman–Crippen LogP) is 1.92. The van der Waals surface area contributed by atoms with Crippen LogP contribution in [0.4, 0.5) is 0 Å². The van der Waals surface area contributed by atoms with Crippen molar-refractivity contribution in [2.45, 2.75) is 57.0 Å². The van der Waals surface area contributed by atoms with Crippen LogP contribution in [0.15, 0.2) is 24.3 Å². The molecule has 1 fully saturated rings. The third-order valence-corrected chi connectivity index (χ3v) is 6.38. The van der Waals surface area contributed by atoms with Crippen LogP contribution in [-0.2, 0) is 14.6 Å². The van der Waals surface area contributed by atoms with Crippen molar-refractivity contribution in [3.63, 3.8) is 0 Å². The molecule has 1 aromatic rings. The molecule has 28 heavy (non-hydrogen) atoms. The Kier molecular flexibility index (Phi) is 6.17. The molecule has 3 amide bonds. The summed E-state index contributed by atoms with van der Waals surface area (Å²) in [4.78, 5) is 39.6. The van der Waals surface area contributed by atoms with E-state index < -0.39 is 33.6 Å². The maximum absolute atomic E-state index is 13.0. The summed E-state index contributed by atoms with van der Waals surface area (Å²) in [6, 6.07) is 5.27. The van der Waals surface area contributed by atoms with Crippen LogP contribution >= 0.6 is 0 Å². The summed E-state index contributed by atoms with van der Waals surface area (Å²) in [6.07, 6.45) is 6.97. The number of nitrogens with one attached hydrogen (secondary N) is 1. The number of rotatable bonds is 6. The van der Waals surface area contributed by atoms with Gasteiger partial charge in [0.25, 0.3) is 11.8 Å². The summed E-state index contributed by atoms with van der Waals surface area (Å²) in [6.45, 7) is 0. The van der Waals surface area contributed by atoms with Crippen LogP contribution < -0.4 is 5.32 Å². The zero-order valence-electron chi connectivity index (χ0n) is 16.0. The van der Waals surface area contributed by atoms with Crippen LogP contribution in [-0.4, -0.2) is 55.1 Å². The van der Waals surface area contributed by atoms with Crippen molar-refractivity contribution in [3.8, 4) is 0 Å². The first-order valence-electron chi connectivity index (χ1n) is 9.73. The van der Waals surface area contributed by atoms with E-state index in [9.17, 15) is 22.8 Å². The number of sulfone groups is 1. The van der Waals surface area contributed by atoms with Gasteiger partial charge in [-0.25, -0.2) is 8.42 Å². The summed E-state index contributed by atoms with van der Waals surface area (Å²) in [7, 11) is -3.35. The lowest BCUT2D eigenvalue weighted by atomic mass is 10.1. The number of hydrogen-bond acceptors (Lipinski definition) is 5. The van der Waals surface area contributed by atoms with Gasteiger partial charge in [-0.15, -0.1) is 0 Å². The molecule has 1 aromatic carbocycles. The monoisotopic (exact) mass is 406 g/mol. The Balaban J connectivity index is 1.83. The summed E-state index contributed by atoms with van der Waals surface area (Å²) in [5.74, 6) is -1.82. The molecule has 1 saturated carbocycles. The van der Waals surface area contributed by atoms with Crippen LogP contribution in [0.25, 0.3) is 0 Å². The van der Waals surface area contributed by atoms with Crippen molar-refractivity contribution in [1.29, 1.82) is 0 Å². The molecule has 0 saturated heterocycles. The molecular weight excluding hydrogens is 380 g/mol. The van der Waals surface area contributed by atoms with Gasteiger partial charge in [-0.1, -0.05) is 37.8 Å². The Bertz CT molecular complexity index is 837. The summed E-state index contributed by atoms with van der Waals surface area (Å²) in [5.41, 5.74) is 0.498. The molecule has 152 valence electrons. The van der Waals surface area contributed by atoms with E-state index in [4.69, 9.17) is 0 Å². The molecule has 0 aromatic heterocycles. The molecule has 7 nitrogen and oxygen atoms in total. The second-order valence-electron chi connectivity index (χ2n) is 7.66. The van der Waals surface area contributed by atoms with Gasteiger partial charge in [0, 0.05) is 12.3 Å². The normalized spacial score (nSPS) is 19.2. The van der Waals surface area contributed by atoms with E-state index in [1.807, 2.05) is 0 Å². The fraction of sp³-hybridized carbons (Fsp3) is 0.550. The van der Waals surface area contributed by atoms with Crippen molar-refractivity contribution in [2.75, 3.05) is 12.0 Å². The van der Waals surface area contributed by atoms with Gasteiger partial charge in [-0.2, -0.15) is 0 Å². The van der Waals surface area contributed by atoms with E-state index >= 15 is 0 Å². The van der Waals surface area contributed by atoms with E-state index in [1.54, 1.807) is 24.3 Å². The lowest BCUT2D eigenvalue weighted by Crippen LogP contribution is -2.52. The van der Waals surface area contributed by atoms with Gasteiger partial charge in [0.2, 0.25) is 5.91 Å². The fourth-order valence-electron chi connectivity index (χ4n) is 3.92. The summed E-state index contributed by atoms with van der Waals surface area (Å²) >= 11 is 0. The maximum Gasteiger partial charge on any atom is 0.262 e. The minimum absolute atomic E-state index is 0.00841. The highest BCUT2D eigenvalue weighted by atomic mass is 32.2. The molecule has 1 atom stereocenters. The quantitative estimate of drug-likeness (QED) is 0.575. The number of benzene rings is 1. The first kappa shape index (κ1) is 20.5. The maximum atomic E-state index is 13.0. The van der Waals surface area contributed by atoms with Crippen LogP contribution in [0.2, 0.25) is 0 Å². The number of hydrogen-bond donors (Lipinski definition) is 1. The Labute approximate surface area is 165 Å². The molecule has 3 rings (SSSR count). The highest BCUT2D eigenvalue weighted by molar-refractivity contribution is 7.90. The Morgan fingerprint density at radius 3 is 2.11 bits per heavy atom. The number of fused-ring (bicyclic) bond motifs is 1. The van der Waals surface area contributed by atoms with Gasteiger partial charge >= 0.3 is 0 Å². The van der Waals surface area contributed by atoms with Crippen LogP contribution in [0.1, 0.15) is 65.7 Å². The van der Waals surface area contributed by atoms with E-state index in [0.29, 0.717) is 0 Å².